The summed E-state index contributed by atoms with van der Waals surface area (Å²) < 4.78 is 0. The monoisotopic (exact) mass is 389 g/mol. The van der Waals surface area contributed by atoms with Crippen LogP contribution in [-0.2, 0) is 0 Å². The van der Waals surface area contributed by atoms with Crippen LogP contribution in [0.2, 0.25) is 0 Å². The molecule has 0 heterocycles. The molecule has 0 spiro atoms. The van der Waals surface area contributed by atoms with Gasteiger partial charge in [-0.05, 0) is 35.0 Å². The number of benzene rings is 2. The zero-order valence-electron chi connectivity index (χ0n) is 18.3. The molecule has 0 fully saturated rings. The van der Waals surface area contributed by atoms with Crippen molar-refractivity contribution in [2.45, 2.75) is 48.0 Å². The van der Waals surface area contributed by atoms with Crippen LogP contribution in [0, 0.1) is 10.8 Å². The van der Waals surface area contributed by atoms with Crippen LogP contribution < -0.4 is 10.5 Å². The van der Waals surface area contributed by atoms with Crippen molar-refractivity contribution in [3.63, 3.8) is 0 Å². The molecule has 1 nitrogen and oxygen atoms in total. The minimum atomic E-state index is -1.43. The molecule has 2 aromatic carbocycles. The Bertz CT molecular complexity index is 849. The van der Waals surface area contributed by atoms with Gasteiger partial charge in [-0.1, -0.05) is 112 Å². The van der Waals surface area contributed by atoms with E-state index >= 15 is 0 Å². The Hall–Kier alpha value is -2.06. The van der Waals surface area contributed by atoms with E-state index in [-0.39, 0.29) is 10.8 Å². The second kappa shape index (κ2) is 8.12. The highest BCUT2D eigenvalue weighted by Gasteiger charge is 2.36. The Morgan fingerprint density at radius 3 is 1.89 bits per heavy atom. The summed E-state index contributed by atoms with van der Waals surface area (Å²) in [6.45, 7) is 14.2. The number of rotatable bonds is 5. The van der Waals surface area contributed by atoms with Crippen LogP contribution in [0.15, 0.2) is 83.1 Å². The van der Waals surface area contributed by atoms with Crippen LogP contribution in [-0.4, -0.2) is 15.0 Å². The van der Waals surface area contributed by atoms with Gasteiger partial charge in [0.05, 0.1) is 0 Å². The van der Waals surface area contributed by atoms with Crippen molar-refractivity contribution in [1.82, 2.24) is 0 Å². The fraction of sp³-hybridized carbons (Fsp3) is 0.385. The Balaban J connectivity index is 2.07. The lowest BCUT2D eigenvalue weighted by Gasteiger charge is -2.32. The molecule has 0 amide bonds. The fourth-order valence-electron chi connectivity index (χ4n) is 4.25. The van der Waals surface area contributed by atoms with Crippen LogP contribution in [0.25, 0.3) is 0 Å². The molecule has 2 heteroatoms. The molecule has 3 rings (SSSR count). The lowest BCUT2D eigenvalue weighted by Crippen LogP contribution is -2.42. The van der Waals surface area contributed by atoms with Gasteiger partial charge in [0, 0.05) is 11.9 Å². The summed E-state index contributed by atoms with van der Waals surface area (Å²) in [6.07, 6.45) is 4.66. The predicted octanol–water partition coefficient (Wildman–Crippen LogP) is 6.03. The van der Waals surface area contributed by atoms with E-state index in [1.54, 1.807) is 16.3 Å². The molecule has 1 aliphatic carbocycles. The highest BCUT2D eigenvalue weighted by atomic mass is 28.3. The van der Waals surface area contributed by atoms with E-state index in [4.69, 9.17) is 0 Å². The normalized spacial score (nSPS) is 16.1. The molecular formula is C26H35NSi. The number of anilines is 1. The molecule has 0 radical (unpaired) electrons. The average molecular weight is 390 g/mol. The summed E-state index contributed by atoms with van der Waals surface area (Å²) in [4.78, 5) is 0. The van der Waals surface area contributed by atoms with Gasteiger partial charge in [-0.2, -0.15) is 0 Å². The van der Waals surface area contributed by atoms with Crippen LogP contribution in [0.5, 0.6) is 0 Å². The molecule has 1 unspecified atom stereocenters. The lowest BCUT2D eigenvalue weighted by molar-refractivity contribution is 0.491. The number of hydrogen-bond donors (Lipinski definition) is 1. The number of hydrogen-bond acceptors (Lipinski definition) is 1. The molecule has 28 heavy (non-hydrogen) atoms. The average Bonchev–Trinajstić information content (AvgIpc) is 3.09. The minimum absolute atomic E-state index is 0.176. The standard InChI is InChI=1S/C26H35NSi/c1-25(2,3)22-17-18-23(26(4,5)6)24(22)28(21-15-11-8-12-16-21)19-27-20-13-9-7-10-14-20/h7-17,27-28H,18-19H2,1-6H3. The van der Waals surface area contributed by atoms with E-state index in [1.807, 2.05) is 0 Å². The van der Waals surface area contributed by atoms with Crippen LogP contribution in [0.4, 0.5) is 5.69 Å². The van der Waals surface area contributed by atoms with E-state index in [2.05, 4.69) is 114 Å². The number of allylic oxidation sites excluding steroid dienone is 4. The Labute approximate surface area is 173 Å². The van der Waals surface area contributed by atoms with Crippen molar-refractivity contribution in [1.29, 1.82) is 0 Å². The van der Waals surface area contributed by atoms with Gasteiger partial charge in [-0.15, -0.1) is 0 Å². The Morgan fingerprint density at radius 1 is 0.786 bits per heavy atom. The molecule has 0 aromatic heterocycles. The highest BCUT2D eigenvalue weighted by molar-refractivity contribution is 6.81. The van der Waals surface area contributed by atoms with E-state index in [0.717, 1.165) is 12.6 Å². The van der Waals surface area contributed by atoms with Crippen molar-refractivity contribution >= 4 is 19.7 Å². The van der Waals surface area contributed by atoms with Gasteiger partial charge in [-0.3, -0.25) is 0 Å². The first-order valence-electron chi connectivity index (χ1n) is 10.5. The van der Waals surface area contributed by atoms with Gasteiger partial charge in [0.2, 0.25) is 0 Å². The van der Waals surface area contributed by atoms with Crippen molar-refractivity contribution in [2.24, 2.45) is 10.8 Å². The zero-order chi connectivity index (χ0) is 20.4. The van der Waals surface area contributed by atoms with Gasteiger partial charge in [0.25, 0.3) is 0 Å². The van der Waals surface area contributed by atoms with Crippen LogP contribution in [0.1, 0.15) is 48.0 Å². The quantitative estimate of drug-likeness (QED) is 0.616. The summed E-state index contributed by atoms with van der Waals surface area (Å²) in [6, 6.07) is 21.9. The zero-order valence-corrected chi connectivity index (χ0v) is 19.5. The second-order valence-electron chi connectivity index (χ2n) is 9.92. The smallest absolute Gasteiger partial charge is 0.123 e. The molecule has 0 saturated carbocycles. The maximum atomic E-state index is 3.76. The third-order valence-corrected chi connectivity index (χ3v) is 8.83. The first-order chi connectivity index (χ1) is 13.2. The largest absolute Gasteiger partial charge is 0.388 e. The summed E-state index contributed by atoms with van der Waals surface area (Å²) in [5, 5.41) is 6.98. The predicted molar refractivity (Wildman–Crippen MR) is 127 cm³/mol. The molecule has 1 aliphatic rings. The van der Waals surface area contributed by atoms with E-state index in [9.17, 15) is 0 Å². The van der Waals surface area contributed by atoms with E-state index < -0.39 is 8.80 Å². The molecular weight excluding hydrogens is 354 g/mol. The first-order valence-corrected chi connectivity index (χ1v) is 12.4. The van der Waals surface area contributed by atoms with Gasteiger partial charge >= 0.3 is 0 Å². The van der Waals surface area contributed by atoms with E-state index in [0.29, 0.717) is 0 Å². The van der Waals surface area contributed by atoms with Crippen LogP contribution >= 0.6 is 0 Å². The molecule has 0 bridgehead atoms. The van der Waals surface area contributed by atoms with Gasteiger partial charge < -0.3 is 5.32 Å². The maximum Gasteiger partial charge on any atom is 0.123 e. The highest BCUT2D eigenvalue weighted by Crippen LogP contribution is 2.45. The summed E-state index contributed by atoms with van der Waals surface area (Å²) >= 11 is 0. The molecule has 0 saturated heterocycles. The van der Waals surface area contributed by atoms with Gasteiger partial charge in [0.15, 0.2) is 0 Å². The molecule has 0 aliphatic heterocycles. The Kier molecular flexibility index (Phi) is 6.00. The fourth-order valence-corrected chi connectivity index (χ4v) is 8.05. The summed E-state index contributed by atoms with van der Waals surface area (Å²) in [5.74, 6) is 0. The Morgan fingerprint density at radius 2 is 1.36 bits per heavy atom. The number of nitrogens with one attached hydrogen (secondary N) is 1. The van der Waals surface area contributed by atoms with Crippen molar-refractivity contribution in [2.75, 3.05) is 11.5 Å². The summed E-state index contributed by atoms with van der Waals surface area (Å²) in [7, 11) is -1.43. The third-order valence-electron chi connectivity index (χ3n) is 5.67. The molecule has 1 N–H and O–H groups in total. The molecule has 2 aromatic rings. The van der Waals surface area contributed by atoms with Gasteiger partial charge in [-0.25, -0.2) is 0 Å². The minimum Gasteiger partial charge on any atom is -0.388 e. The third kappa shape index (κ3) is 4.67. The molecule has 1 atom stereocenters. The van der Waals surface area contributed by atoms with Crippen molar-refractivity contribution in [3.8, 4) is 0 Å². The lowest BCUT2D eigenvalue weighted by atomic mass is 9.83. The van der Waals surface area contributed by atoms with E-state index in [1.165, 1.54) is 10.9 Å². The summed E-state index contributed by atoms with van der Waals surface area (Å²) in [5.41, 5.74) is 4.81. The SMILES string of the molecule is CC(C)(C)C1=CCC(C(C)(C)C)=C1[SiH](CNc1ccccc1)c1ccccc1. The molecule has 148 valence electrons. The number of para-hydroxylation sites is 1. The van der Waals surface area contributed by atoms with Crippen molar-refractivity contribution < 1.29 is 0 Å². The van der Waals surface area contributed by atoms with Crippen molar-refractivity contribution in [3.05, 3.63) is 83.1 Å². The topological polar surface area (TPSA) is 12.0 Å². The van der Waals surface area contributed by atoms with Gasteiger partial charge in [0.1, 0.15) is 8.80 Å². The second-order valence-corrected chi connectivity index (χ2v) is 12.7. The maximum absolute atomic E-state index is 3.76. The first kappa shape index (κ1) is 20.7. The van der Waals surface area contributed by atoms with Crippen LogP contribution in [0.3, 0.4) is 0 Å².